The van der Waals surface area contributed by atoms with Gasteiger partial charge in [-0.25, -0.2) is 12.7 Å². The molecule has 0 saturated carbocycles. The summed E-state index contributed by atoms with van der Waals surface area (Å²) in [6.07, 6.45) is 0.522. The number of sulfonamides is 1. The Bertz CT molecular complexity index is 495. The summed E-state index contributed by atoms with van der Waals surface area (Å²) in [4.78, 5) is 10.5. The molecule has 1 N–H and O–H groups in total. The van der Waals surface area contributed by atoms with Crippen LogP contribution >= 0.6 is 0 Å². The number of hydrogen-bond acceptors (Lipinski definition) is 3. The zero-order valence-electron chi connectivity index (χ0n) is 9.39. The van der Waals surface area contributed by atoms with Crippen LogP contribution < -0.4 is 5.32 Å². The van der Waals surface area contributed by atoms with Crippen LogP contribution in [0.25, 0.3) is 0 Å². The van der Waals surface area contributed by atoms with Crippen LogP contribution in [0.15, 0.2) is 23.1 Å². The Labute approximate surface area is 95.1 Å². The molecule has 1 rings (SSSR count). The zero-order chi connectivity index (χ0) is 12.3. The van der Waals surface area contributed by atoms with Gasteiger partial charge < -0.3 is 5.32 Å². The molecular weight excluding hydrogens is 228 g/mol. The van der Waals surface area contributed by atoms with Crippen molar-refractivity contribution in [2.24, 2.45) is 0 Å². The van der Waals surface area contributed by atoms with Crippen molar-refractivity contribution in [3.8, 4) is 0 Å². The Morgan fingerprint density at radius 1 is 1.31 bits per heavy atom. The molecule has 16 heavy (non-hydrogen) atoms. The quantitative estimate of drug-likeness (QED) is 0.795. The smallest absolute Gasteiger partial charge is 0.242 e. The van der Waals surface area contributed by atoms with Gasteiger partial charge in [-0.3, -0.25) is 4.79 Å². The van der Waals surface area contributed by atoms with Crippen LogP contribution in [0.1, 0.15) is 5.56 Å². The molecule has 1 amide bonds. The van der Waals surface area contributed by atoms with Gasteiger partial charge in [-0.05, 0) is 24.6 Å². The Hall–Kier alpha value is -1.40. The van der Waals surface area contributed by atoms with Gasteiger partial charge in [0.05, 0.1) is 4.90 Å². The van der Waals surface area contributed by atoms with E-state index in [-0.39, 0.29) is 4.90 Å². The maximum absolute atomic E-state index is 11.8. The lowest BCUT2D eigenvalue weighted by atomic mass is 10.2. The van der Waals surface area contributed by atoms with Crippen LogP contribution in [0.3, 0.4) is 0 Å². The van der Waals surface area contributed by atoms with Gasteiger partial charge in [-0.2, -0.15) is 0 Å². The van der Waals surface area contributed by atoms with E-state index >= 15 is 0 Å². The van der Waals surface area contributed by atoms with Crippen molar-refractivity contribution < 1.29 is 13.2 Å². The molecule has 1 aromatic rings. The van der Waals surface area contributed by atoms with Crippen LogP contribution in [-0.2, 0) is 14.8 Å². The average molecular weight is 242 g/mol. The fourth-order valence-corrected chi connectivity index (χ4v) is 2.12. The van der Waals surface area contributed by atoms with E-state index in [1.54, 1.807) is 13.0 Å². The molecule has 5 nitrogen and oxygen atoms in total. The van der Waals surface area contributed by atoms with Crippen LogP contribution in [0.4, 0.5) is 5.69 Å². The van der Waals surface area contributed by atoms with E-state index < -0.39 is 10.0 Å². The minimum absolute atomic E-state index is 0.160. The van der Waals surface area contributed by atoms with Crippen molar-refractivity contribution in [3.63, 3.8) is 0 Å². The fourth-order valence-electron chi connectivity index (χ4n) is 1.19. The van der Waals surface area contributed by atoms with Gasteiger partial charge >= 0.3 is 0 Å². The second-order valence-electron chi connectivity index (χ2n) is 3.53. The first-order valence-corrected chi connectivity index (χ1v) is 6.07. The van der Waals surface area contributed by atoms with E-state index in [0.29, 0.717) is 12.1 Å². The molecule has 1 aromatic carbocycles. The minimum Gasteiger partial charge on any atom is -0.328 e. The molecule has 0 bridgehead atoms. The molecular formula is C10H14N2O3S. The number of anilines is 1. The highest BCUT2D eigenvalue weighted by molar-refractivity contribution is 7.89. The van der Waals surface area contributed by atoms with Crippen molar-refractivity contribution in [1.82, 2.24) is 4.31 Å². The minimum atomic E-state index is -3.46. The summed E-state index contributed by atoms with van der Waals surface area (Å²) >= 11 is 0. The van der Waals surface area contributed by atoms with Crippen molar-refractivity contribution in [1.29, 1.82) is 0 Å². The summed E-state index contributed by atoms with van der Waals surface area (Å²) < 4.78 is 24.7. The highest BCUT2D eigenvalue weighted by Crippen LogP contribution is 2.21. The highest BCUT2D eigenvalue weighted by Gasteiger charge is 2.17. The molecule has 0 fully saturated rings. The second-order valence-corrected chi connectivity index (χ2v) is 5.68. The first-order chi connectivity index (χ1) is 7.39. The number of rotatable bonds is 4. The highest BCUT2D eigenvalue weighted by atomic mass is 32.2. The third kappa shape index (κ3) is 2.40. The van der Waals surface area contributed by atoms with Crippen LogP contribution in [0.5, 0.6) is 0 Å². The number of carbonyl (C=O) groups excluding carboxylic acids is 1. The summed E-state index contributed by atoms with van der Waals surface area (Å²) in [6, 6.07) is 4.61. The van der Waals surface area contributed by atoms with Gasteiger partial charge in [-0.15, -0.1) is 0 Å². The molecule has 0 aliphatic carbocycles. The molecule has 0 aliphatic heterocycles. The first kappa shape index (κ1) is 12.7. The molecule has 0 heterocycles. The average Bonchev–Trinajstić information content (AvgIpc) is 2.21. The third-order valence-corrected chi connectivity index (χ3v) is 4.01. The van der Waals surface area contributed by atoms with E-state index in [9.17, 15) is 13.2 Å². The standard InChI is InChI=1S/C10H14N2O3S/c1-8-4-5-9(6-10(8)11-7-13)16(14,15)12(2)3/h4-7H,1-3H3,(H,11,13). The van der Waals surface area contributed by atoms with Gasteiger partial charge in [-0.1, -0.05) is 6.07 Å². The van der Waals surface area contributed by atoms with E-state index in [2.05, 4.69) is 5.32 Å². The van der Waals surface area contributed by atoms with Gasteiger partial charge in [0.2, 0.25) is 16.4 Å². The van der Waals surface area contributed by atoms with E-state index in [1.165, 1.54) is 26.2 Å². The Morgan fingerprint density at radius 2 is 1.94 bits per heavy atom. The normalized spacial score (nSPS) is 11.5. The van der Waals surface area contributed by atoms with Crippen molar-refractivity contribution >= 4 is 22.1 Å². The topological polar surface area (TPSA) is 66.5 Å². The lowest BCUT2D eigenvalue weighted by Crippen LogP contribution is -2.22. The van der Waals surface area contributed by atoms with Gasteiger partial charge in [0.25, 0.3) is 0 Å². The monoisotopic (exact) mass is 242 g/mol. The van der Waals surface area contributed by atoms with Crippen molar-refractivity contribution in [2.45, 2.75) is 11.8 Å². The fraction of sp³-hybridized carbons (Fsp3) is 0.300. The zero-order valence-corrected chi connectivity index (χ0v) is 10.2. The summed E-state index contributed by atoms with van der Waals surface area (Å²) in [7, 11) is -0.536. The lowest BCUT2D eigenvalue weighted by Gasteiger charge is -2.13. The molecule has 0 spiro atoms. The summed E-state index contributed by atoms with van der Waals surface area (Å²) in [6.45, 7) is 1.79. The largest absolute Gasteiger partial charge is 0.328 e. The van der Waals surface area contributed by atoms with E-state index in [0.717, 1.165) is 9.87 Å². The van der Waals surface area contributed by atoms with Crippen molar-refractivity contribution in [3.05, 3.63) is 23.8 Å². The van der Waals surface area contributed by atoms with Gasteiger partial charge in [0, 0.05) is 19.8 Å². The van der Waals surface area contributed by atoms with Crippen LogP contribution in [0, 0.1) is 6.92 Å². The number of hydrogen-bond donors (Lipinski definition) is 1. The maximum atomic E-state index is 11.8. The Morgan fingerprint density at radius 3 is 2.44 bits per heavy atom. The maximum Gasteiger partial charge on any atom is 0.242 e. The van der Waals surface area contributed by atoms with Crippen molar-refractivity contribution in [2.75, 3.05) is 19.4 Å². The summed E-state index contributed by atoms with van der Waals surface area (Å²) in [5, 5.41) is 2.46. The van der Waals surface area contributed by atoms with E-state index in [4.69, 9.17) is 0 Å². The molecule has 88 valence electrons. The number of aryl methyl sites for hydroxylation is 1. The van der Waals surface area contributed by atoms with Crippen LogP contribution in [0.2, 0.25) is 0 Å². The number of nitrogens with one attached hydrogen (secondary N) is 1. The number of carbonyl (C=O) groups is 1. The third-order valence-electron chi connectivity index (χ3n) is 2.20. The van der Waals surface area contributed by atoms with E-state index in [1.807, 2.05) is 0 Å². The molecule has 0 radical (unpaired) electrons. The number of amides is 1. The SMILES string of the molecule is Cc1ccc(S(=O)(=O)N(C)C)cc1NC=O. The second kappa shape index (κ2) is 4.63. The Balaban J connectivity index is 3.28. The predicted octanol–water partition coefficient (Wildman–Crippen LogP) is 0.814. The number of benzene rings is 1. The Kier molecular flexibility index (Phi) is 3.66. The summed E-state index contributed by atoms with van der Waals surface area (Å²) in [5.74, 6) is 0. The predicted molar refractivity (Wildman–Crippen MR) is 61.7 cm³/mol. The number of nitrogens with zero attached hydrogens (tertiary/aromatic N) is 1. The molecule has 0 aromatic heterocycles. The summed E-state index contributed by atoms with van der Waals surface area (Å²) in [5.41, 5.74) is 1.31. The molecule has 0 unspecified atom stereocenters. The lowest BCUT2D eigenvalue weighted by molar-refractivity contribution is -0.105. The van der Waals surface area contributed by atoms with Gasteiger partial charge in [0.1, 0.15) is 0 Å². The molecule has 0 atom stereocenters. The first-order valence-electron chi connectivity index (χ1n) is 4.63. The van der Waals surface area contributed by atoms with Crippen LogP contribution in [-0.4, -0.2) is 33.2 Å². The van der Waals surface area contributed by atoms with Gasteiger partial charge in [0.15, 0.2) is 0 Å². The molecule has 6 heteroatoms. The molecule has 0 aliphatic rings. The molecule has 0 saturated heterocycles.